The average Bonchev–Trinajstić information content (AvgIpc) is 2.37. The predicted molar refractivity (Wildman–Crippen MR) is 73.7 cm³/mol. The highest BCUT2D eigenvalue weighted by molar-refractivity contribution is 5.95. The summed E-state index contributed by atoms with van der Waals surface area (Å²) in [6.07, 6.45) is 0.662. The van der Waals surface area contributed by atoms with E-state index in [1.807, 2.05) is 0 Å². The standard InChI is InChI=1S/C12H15N5O3/c1-6-5-7(10(18)14-4-2-3-13)15-9-8(6)11(19)17-12(20)16-9/h5H,2-4,13H2,1H3,(H,14,18)(H2,15,16,17,19,20). The molecule has 2 rings (SSSR count). The quantitative estimate of drug-likeness (QED) is 0.532. The summed E-state index contributed by atoms with van der Waals surface area (Å²) in [5, 5.41) is 2.93. The van der Waals surface area contributed by atoms with Crippen molar-refractivity contribution >= 4 is 16.9 Å². The number of carbonyl (C=O) groups is 1. The number of hydrogen-bond acceptors (Lipinski definition) is 5. The van der Waals surface area contributed by atoms with Crippen molar-refractivity contribution < 1.29 is 4.79 Å². The van der Waals surface area contributed by atoms with E-state index in [1.165, 1.54) is 6.07 Å². The fraction of sp³-hybridized carbons (Fsp3) is 0.333. The molecule has 0 fully saturated rings. The van der Waals surface area contributed by atoms with Crippen molar-refractivity contribution in [2.45, 2.75) is 13.3 Å². The van der Waals surface area contributed by atoms with Crippen molar-refractivity contribution in [1.29, 1.82) is 0 Å². The van der Waals surface area contributed by atoms with Crippen LogP contribution in [0, 0.1) is 6.92 Å². The van der Waals surface area contributed by atoms with Crippen LogP contribution in [0.15, 0.2) is 15.7 Å². The molecule has 2 aromatic heterocycles. The van der Waals surface area contributed by atoms with Crippen molar-refractivity contribution in [3.05, 3.63) is 38.2 Å². The van der Waals surface area contributed by atoms with Crippen LogP contribution >= 0.6 is 0 Å². The number of fused-ring (bicyclic) bond motifs is 1. The van der Waals surface area contributed by atoms with Crippen molar-refractivity contribution in [2.75, 3.05) is 13.1 Å². The fourth-order valence-corrected chi connectivity index (χ4v) is 1.86. The van der Waals surface area contributed by atoms with Gasteiger partial charge in [-0.3, -0.25) is 19.6 Å². The normalized spacial score (nSPS) is 10.7. The van der Waals surface area contributed by atoms with E-state index in [0.717, 1.165) is 0 Å². The average molecular weight is 277 g/mol. The number of carbonyl (C=O) groups excluding carboxylic acids is 1. The van der Waals surface area contributed by atoms with Crippen LogP contribution in [0.4, 0.5) is 0 Å². The fourth-order valence-electron chi connectivity index (χ4n) is 1.86. The minimum atomic E-state index is -0.657. The second-order valence-corrected chi connectivity index (χ2v) is 4.35. The summed E-state index contributed by atoms with van der Waals surface area (Å²) in [4.78, 5) is 43.4. The van der Waals surface area contributed by atoms with Gasteiger partial charge in [0.15, 0.2) is 0 Å². The molecule has 1 amide bonds. The summed E-state index contributed by atoms with van der Waals surface area (Å²) in [7, 11) is 0. The van der Waals surface area contributed by atoms with E-state index < -0.39 is 11.2 Å². The first-order valence-corrected chi connectivity index (χ1v) is 6.15. The summed E-state index contributed by atoms with van der Waals surface area (Å²) in [5.74, 6) is -0.371. The van der Waals surface area contributed by atoms with Gasteiger partial charge in [-0.15, -0.1) is 0 Å². The number of aromatic nitrogens is 3. The minimum Gasteiger partial charge on any atom is -0.351 e. The zero-order chi connectivity index (χ0) is 14.7. The summed E-state index contributed by atoms with van der Waals surface area (Å²) in [6.45, 7) is 2.60. The molecule has 0 aliphatic carbocycles. The van der Waals surface area contributed by atoms with Crippen LogP contribution in [0.3, 0.4) is 0 Å². The van der Waals surface area contributed by atoms with Gasteiger partial charge >= 0.3 is 5.69 Å². The van der Waals surface area contributed by atoms with Gasteiger partial charge in [-0.2, -0.15) is 0 Å². The number of H-pyrrole nitrogens is 2. The Bertz CT molecular complexity index is 762. The van der Waals surface area contributed by atoms with Gasteiger partial charge < -0.3 is 11.1 Å². The molecule has 0 radical (unpaired) electrons. The molecule has 106 valence electrons. The molecule has 0 aliphatic rings. The molecule has 20 heavy (non-hydrogen) atoms. The highest BCUT2D eigenvalue weighted by atomic mass is 16.2. The van der Waals surface area contributed by atoms with Crippen LogP contribution in [0.1, 0.15) is 22.5 Å². The Kier molecular flexibility index (Phi) is 3.94. The Labute approximate surface area is 113 Å². The molecule has 0 saturated heterocycles. The number of pyridine rings is 1. The number of nitrogens with one attached hydrogen (secondary N) is 3. The SMILES string of the molecule is Cc1cc(C(=O)NCCCN)nc2[nH]c(=O)[nH]c(=O)c12. The summed E-state index contributed by atoms with van der Waals surface area (Å²) in [5.41, 5.74) is 4.97. The maximum atomic E-state index is 11.9. The zero-order valence-corrected chi connectivity index (χ0v) is 10.9. The molecule has 0 unspecified atom stereocenters. The Morgan fingerprint density at radius 3 is 2.85 bits per heavy atom. The topological polar surface area (TPSA) is 134 Å². The first-order valence-electron chi connectivity index (χ1n) is 6.15. The lowest BCUT2D eigenvalue weighted by Gasteiger charge is -2.06. The second kappa shape index (κ2) is 5.66. The maximum absolute atomic E-state index is 11.9. The third kappa shape index (κ3) is 2.75. The number of aromatic amines is 2. The number of amides is 1. The van der Waals surface area contributed by atoms with Gasteiger partial charge in [0.25, 0.3) is 11.5 Å². The van der Waals surface area contributed by atoms with Gasteiger partial charge in [-0.25, -0.2) is 9.78 Å². The molecule has 0 saturated carbocycles. The Morgan fingerprint density at radius 2 is 2.15 bits per heavy atom. The summed E-state index contributed by atoms with van der Waals surface area (Å²) < 4.78 is 0. The Hall–Kier alpha value is -2.48. The summed E-state index contributed by atoms with van der Waals surface area (Å²) in [6, 6.07) is 1.51. The maximum Gasteiger partial charge on any atom is 0.327 e. The van der Waals surface area contributed by atoms with Crippen molar-refractivity contribution in [2.24, 2.45) is 5.73 Å². The number of nitrogens with two attached hydrogens (primary N) is 1. The molecule has 5 N–H and O–H groups in total. The third-order valence-corrected chi connectivity index (χ3v) is 2.80. The van der Waals surface area contributed by atoms with Crippen molar-refractivity contribution in [3.63, 3.8) is 0 Å². The molecule has 0 aromatic carbocycles. The van der Waals surface area contributed by atoms with E-state index in [1.54, 1.807) is 6.92 Å². The van der Waals surface area contributed by atoms with E-state index in [9.17, 15) is 14.4 Å². The van der Waals surface area contributed by atoms with Gasteiger partial charge in [0.1, 0.15) is 11.3 Å². The summed E-state index contributed by atoms with van der Waals surface area (Å²) >= 11 is 0. The number of nitrogens with zero attached hydrogens (tertiary/aromatic N) is 1. The molecule has 0 spiro atoms. The Balaban J connectivity index is 2.45. The largest absolute Gasteiger partial charge is 0.351 e. The van der Waals surface area contributed by atoms with Gasteiger partial charge in [0.05, 0.1) is 5.39 Å². The van der Waals surface area contributed by atoms with E-state index in [-0.39, 0.29) is 22.6 Å². The van der Waals surface area contributed by atoms with E-state index >= 15 is 0 Å². The minimum absolute atomic E-state index is 0.0997. The monoisotopic (exact) mass is 277 g/mol. The number of aryl methyl sites for hydroxylation is 1. The van der Waals surface area contributed by atoms with Crippen LogP contribution in [-0.2, 0) is 0 Å². The highest BCUT2D eigenvalue weighted by Crippen LogP contribution is 2.10. The van der Waals surface area contributed by atoms with Crippen LogP contribution in [0.25, 0.3) is 11.0 Å². The lowest BCUT2D eigenvalue weighted by Crippen LogP contribution is -2.28. The van der Waals surface area contributed by atoms with Gasteiger partial charge in [0.2, 0.25) is 0 Å². The third-order valence-electron chi connectivity index (χ3n) is 2.80. The molecule has 8 nitrogen and oxygen atoms in total. The van der Waals surface area contributed by atoms with Crippen molar-refractivity contribution in [1.82, 2.24) is 20.3 Å². The van der Waals surface area contributed by atoms with Gasteiger partial charge in [-0.1, -0.05) is 0 Å². The highest BCUT2D eigenvalue weighted by Gasteiger charge is 2.12. The van der Waals surface area contributed by atoms with E-state index in [4.69, 9.17) is 5.73 Å². The van der Waals surface area contributed by atoms with E-state index in [2.05, 4.69) is 20.3 Å². The molecule has 8 heteroatoms. The lowest BCUT2D eigenvalue weighted by atomic mass is 10.1. The van der Waals surface area contributed by atoms with Crippen LogP contribution in [-0.4, -0.2) is 33.9 Å². The molecule has 2 aromatic rings. The molecule has 2 heterocycles. The predicted octanol–water partition coefficient (Wildman–Crippen LogP) is -1.00. The smallest absolute Gasteiger partial charge is 0.327 e. The molecule has 0 bridgehead atoms. The number of hydrogen-bond donors (Lipinski definition) is 4. The Morgan fingerprint density at radius 1 is 1.40 bits per heavy atom. The molecular weight excluding hydrogens is 262 g/mol. The number of rotatable bonds is 4. The zero-order valence-electron chi connectivity index (χ0n) is 10.9. The first kappa shape index (κ1) is 13.9. The van der Waals surface area contributed by atoms with Crippen LogP contribution in [0.2, 0.25) is 0 Å². The first-order chi connectivity index (χ1) is 9.52. The van der Waals surface area contributed by atoms with Gasteiger partial charge in [0, 0.05) is 6.54 Å². The van der Waals surface area contributed by atoms with Gasteiger partial charge in [-0.05, 0) is 31.5 Å². The molecule has 0 atom stereocenters. The van der Waals surface area contributed by atoms with Crippen molar-refractivity contribution in [3.8, 4) is 0 Å². The molecular formula is C12H15N5O3. The second-order valence-electron chi connectivity index (χ2n) is 4.35. The molecule has 0 aliphatic heterocycles. The van der Waals surface area contributed by atoms with Crippen LogP contribution < -0.4 is 22.3 Å². The lowest BCUT2D eigenvalue weighted by molar-refractivity contribution is 0.0948. The van der Waals surface area contributed by atoms with Crippen LogP contribution in [0.5, 0.6) is 0 Å². The van der Waals surface area contributed by atoms with E-state index in [0.29, 0.717) is 25.1 Å².